The van der Waals surface area contributed by atoms with Gasteiger partial charge >= 0.3 is 111 Å². The van der Waals surface area contributed by atoms with E-state index in [1.807, 2.05) is 12.1 Å². The Hall–Kier alpha value is -1.18. The first-order valence-corrected chi connectivity index (χ1v) is 24.8. The number of rotatable bonds is 2. The van der Waals surface area contributed by atoms with Crippen molar-refractivity contribution < 1.29 is 18.0 Å². The van der Waals surface area contributed by atoms with E-state index >= 15 is 0 Å². The third-order valence-corrected chi connectivity index (χ3v) is 22.4. The molecule has 0 aliphatic rings. The molecule has 0 aromatic heterocycles. The molecular formula is C34H44Cl2SiZr-2. The molecule has 4 aromatic carbocycles. The zero-order valence-electron chi connectivity index (χ0n) is 24.8. The van der Waals surface area contributed by atoms with Crippen LogP contribution in [0.2, 0.25) is 0 Å². The fraction of sp³-hybridized carbons (Fsp3) is 0.353. The minimum absolute atomic E-state index is 0.304. The number of halogens is 2. The predicted molar refractivity (Wildman–Crippen MR) is 170 cm³/mol. The molecule has 0 spiro atoms. The summed E-state index contributed by atoms with van der Waals surface area (Å²) in [5.41, 5.74) is 8.30. The van der Waals surface area contributed by atoms with Crippen molar-refractivity contribution in [3.63, 3.8) is 0 Å². The van der Waals surface area contributed by atoms with Gasteiger partial charge in [-0.25, -0.2) is 12.1 Å². The van der Waals surface area contributed by atoms with E-state index < -0.39 is 23.4 Å². The molecule has 0 amide bonds. The Morgan fingerprint density at radius 1 is 0.579 bits per heavy atom. The molecule has 0 saturated carbocycles. The van der Waals surface area contributed by atoms with Crippen molar-refractivity contribution in [2.75, 3.05) is 0 Å². The van der Waals surface area contributed by atoms with Crippen molar-refractivity contribution in [3.05, 3.63) is 118 Å². The van der Waals surface area contributed by atoms with Crippen LogP contribution in [0, 0.1) is 27.7 Å². The fourth-order valence-corrected chi connectivity index (χ4v) is 20.1. The van der Waals surface area contributed by atoms with Crippen LogP contribution in [0.5, 0.6) is 0 Å². The zero-order valence-corrected chi connectivity index (χ0v) is 29.8. The average Bonchev–Trinajstić information content (AvgIpc) is 3.35. The van der Waals surface area contributed by atoms with Crippen molar-refractivity contribution in [3.8, 4) is 0 Å². The Balaban J connectivity index is 0.000000206. The average molecular weight is 643 g/mol. The third-order valence-electron chi connectivity index (χ3n) is 6.41. The summed E-state index contributed by atoms with van der Waals surface area (Å²) in [4.78, 5) is 0. The van der Waals surface area contributed by atoms with Crippen molar-refractivity contribution in [1.82, 2.24) is 0 Å². The SMILES string of the molecule is Cc1cc(C(C)(C)C)c(C)[cH-]1.Cc1cc(C(C)(C)C)c(C)[cH-]1.[Cl][Zr]([Cl])=[Si](c1ccccc1)c1ccccc1. The molecule has 0 aliphatic heterocycles. The van der Waals surface area contributed by atoms with Crippen molar-refractivity contribution in [1.29, 1.82) is 0 Å². The molecule has 38 heavy (non-hydrogen) atoms. The molecule has 0 unspecified atom stereocenters. The Kier molecular flexibility index (Phi) is 12.6. The molecule has 0 bridgehead atoms. The summed E-state index contributed by atoms with van der Waals surface area (Å²) in [7, 11) is 12.6. The number of hydrogen-bond acceptors (Lipinski definition) is 0. The van der Waals surface area contributed by atoms with Crippen LogP contribution in [0.3, 0.4) is 0 Å². The Labute approximate surface area is 247 Å². The molecule has 4 aromatic rings. The van der Waals surface area contributed by atoms with Gasteiger partial charge < -0.3 is 0 Å². The first-order valence-electron chi connectivity index (χ1n) is 13.3. The van der Waals surface area contributed by atoms with Gasteiger partial charge in [-0.2, -0.15) is 45.5 Å². The first-order chi connectivity index (χ1) is 17.6. The van der Waals surface area contributed by atoms with Gasteiger partial charge in [-0.15, -0.1) is 0 Å². The topological polar surface area (TPSA) is 0 Å². The van der Waals surface area contributed by atoms with E-state index in [1.165, 1.54) is 43.8 Å². The summed E-state index contributed by atoms with van der Waals surface area (Å²) in [6.45, 7) is 22.2. The molecule has 204 valence electrons. The summed E-state index contributed by atoms with van der Waals surface area (Å²) in [5.74, 6) is 0. The number of hydrogen-bond donors (Lipinski definition) is 0. The molecule has 0 aliphatic carbocycles. The van der Waals surface area contributed by atoms with Gasteiger partial charge in [0.2, 0.25) is 0 Å². The van der Waals surface area contributed by atoms with Crippen molar-refractivity contribution >= 4 is 32.8 Å². The van der Waals surface area contributed by atoms with E-state index in [0.717, 1.165) is 0 Å². The third kappa shape index (κ3) is 10.1. The van der Waals surface area contributed by atoms with E-state index in [0.29, 0.717) is 10.8 Å². The molecule has 0 N–H and O–H groups in total. The summed E-state index contributed by atoms with van der Waals surface area (Å²) in [6.07, 6.45) is 0. The van der Waals surface area contributed by atoms with E-state index in [4.69, 9.17) is 17.0 Å². The van der Waals surface area contributed by atoms with Crippen molar-refractivity contribution in [2.24, 2.45) is 0 Å². The van der Waals surface area contributed by atoms with E-state index in [1.54, 1.807) is 0 Å². The molecule has 0 atom stereocenters. The Bertz CT molecular complexity index is 1210. The van der Waals surface area contributed by atoms with Gasteiger partial charge in [-0.3, -0.25) is 0 Å². The van der Waals surface area contributed by atoms with Gasteiger partial charge in [0.05, 0.1) is 0 Å². The molecule has 4 heteroatoms. The van der Waals surface area contributed by atoms with E-state index in [9.17, 15) is 0 Å². The quantitative estimate of drug-likeness (QED) is 0.151. The van der Waals surface area contributed by atoms with E-state index in [-0.39, 0.29) is 0 Å². The summed E-state index contributed by atoms with van der Waals surface area (Å²) in [5, 5.41) is 2.66. The second-order valence-corrected chi connectivity index (χ2v) is 31.3. The predicted octanol–water partition coefficient (Wildman–Crippen LogP) is 9.36. The van der Waals surface area contributed by atoms with Gasteiger partial charge in [0.1, 0.15) is 0 Å². The molecule has 0 nitrogen and oxygen atoms in total. The van der Waals surface area contributed by atoms with Crippen LogP contribution in [0.25, 0.3) is 0 Å². The molecule has 0 saturated heterocycles. The molecular weight excluding hydrogens is 599 g/mol. The maximum atomic E-state index is 6.32. The maximum absolute atomic E-state index is 6.32. The van der Waals surface area contributed by atoms with Crippen LogP contribution in [0.4, 0.5) is 0 Å². The van der Waals surface area contributed by atoms with E-state index in [2.05, 4.69) is 142 Å². The molecule has 0 heterocycles. The zero-order chi connectivity index (χ0) is 28.7. The van der Waals surface area contributed by atoms with Crippen LogP contribution in [-0.4, -0.2) is 5.43 Å². The van der Waals surface area contributed by atoms with Gasteiger partial charge in [0, 0.05) is 0 Å². The fourth-order valence-electron chi connectivity index (χ4n) is 4.82. The Morgan fingerprint density at radius 2 is 0.895 bits per heavy atom. The number of benzene rings is 2. The summed E-state index contributed by atoms with van der Waals surface area (Å²) >= 11 is -2.26. The summed E-state index contributed by atoms with van der Waals surface area (Å²) < 4.78 is 0. The first kappa shape index (κ1) is 33.0. The normalized spacial score (nSPS) is 11.2. The van der Waals surface area contributed by atoms with Gasteiger partial charge in [0.15, 0.2) is 0 Å². The molecule has 0 fully saturated rings. The Morgan fingerprint density at radius 3 is 1.08 bits per heavy atom. The standard InChI is InChI=1S/C12H10Si.2C11H17.2ClH.Zr/c1-3-7-11(8-4-1)13-12-9-5-2-6-10-12;2*1-8-6-9(2)10(7-8)11(3,4)5;;;/h1-10H;2*6-7H,1-5H3;2*1H;/q;2*-1;;;+2/p-2. The van der Waals surface area contributed by atoms with Crippen LogP contribution in [-0.2, 0) is 28.8 Å². The summed E-state index contributed by atoms with van der Waals surface area (Å²) in [6, 6.07) is 29.9. The van der Waals surface area contributed by atoms with Crippen LogP contribution >= 0.6 is 17.0 Å². The monoisotopic (exact) mass is 640 g/mol. The second kappa shape index (κ2) is 14.5. The van der Waals surface area contributed by atoms with Gasteiger partial charge in [0.25, 0.3) is 0 Å². The van der Waals surface area contributed by atoms with Gasteiger partial charge in [-0.05, 0) is 0 Å². The van der Waals surface area contributed by atoms with Crippen LogP contribution < -0.4 is 10.4 Å². The van der Waals surface area contributed by atoms with Crippen LogP contribution in [0.15, 0.2) is 84.9 Å². The van der Waals surface area contributed by atoms with Crippen molar-refractivity contribution in [2.45, 2.75) is 80.1 Å². The second-order valence-electron chi connectivity index (χ2n) is 12.1. The number of aryl methyl sites for hydroxylation is 4. The molecule has 4 rings (SSSR count). The van der Waals surface area contributed by atoms with Gasteiger partial charge in [-0.1, -0.05) is 80.1 Å². The van der Waals surface area contributed by atoms with Crippen LogP contribution in [0.1, 0.15) is 74.9 Å². The minimum atomic E-state index is -2.26. The molecule has 0 radical (unpaired) electrons.